The Morgan fingerprint density at radius 3 is 1.55 bits per heavy atom. The number of aliphatic hydroxyl groups excluding tert-OH is 2. The van der Waals surface area contributed by atoms with Crippen LogP contribution in [0.2, 0.25) is 0 Å². The van der Waals surface area contributed by atoms with Crippen LogP contribution in [0.5, 0.6) is 0 Å². The van der Waals surface area contributed by atoms with Crippen molar-refractivity contribution in [2.24, 2.45) is 17.2 Å². The van der Waals surface area contributed by atoms with Gasteiger partial charge in [0.25, 0.3) is 0 Å². The number of aliphatic hydroxyl groups is 2. The van der Waals surface area contributed by atoms with Crippen LogP contribution in [0.4, 0.5) is 4.79 Å². The molecule has 0 spiro atoms. The Kier molecular flexibility index (Phi) is 6.86. The van der Waals surface area contributed by atoms with Crippen molar-refractivity contribution in [2.45, 2.75) is 12.5 Å². The van der Waals surface area contributed by atoms with E-state index in [2.05, 4.69) is 11.5 Å². The van der Waals surface area contributed by atoms with Gasteiger partial charge in [-0.15, -0.1) is 0 Å². The van der Waals surface area contributed by atoms with Gasteiger partial charge in [0.2, 0.25) is 0 Å². The van der Waals surface area contributed by atoms with Crippen LogP contribution in [-0.2, 0) is 0 Å². The minimum atomic E-state index is -0.833. The summed E-state index contributed by atoms with van der Waals surface area (Å²) in [5, 5.41) is 16.6. The number of hydrogen-bond acceptors (Lipinski definition) is 4. The fourth-order valence-electron chi connectivity index (χ4n) is 0.0500. The van der Waals surface area contributed by atoms with Crippen LogP contribution < -0.4 is 17.2 Å². The normalized spacial score (nSPS) is 9.82. The summed E-state index contributed by atoms with van der Waals surface area (Å²) in [5.74, 6) is 0. The van der Waals surface area contributed by atoms with E-state index in [4.69, 9.17) is 20.7 Å². The molecular weight excluding hydrogens is 150 g/mol. The molecule has 0 aliphatic heterocycles. The zero-order valence-electron chi connectivity index (χ0n) is 6.45. The molecule has 6 nitrogen and oxygen atoms in total. The summed E-state index contributed by atoms with van der Waals surface area (Å²) in [7, 11) is 0. The molecule has 2 amide bonds. The topological polar surface area (TPSA) is 136 Å². The second-order valence-corrected chi connectivity index (χ2v) is 2.37. The van der Waals surface area contributed by atoms with Gasteiger partial charge in [0.15, 0.2) is 0 Å². The molecule has 0 aromatic carbocycles. The average Bonchev–Trinajstić information content (AvgIpc) is 1.87. The second kappa shape index (κ2) is 5.90. The highest BCUT2D eigenvalue weighted by Gasteiger charge is 2.13. The Hall–Kier alpha value is -0.850. The standard InChI is InChI=1S/C4H11NO2.CH4N2O/c1-4(5,2-6)3-7;2-1(3)4/h6-7H,2-3,5H2,1H3;(H4,2,3,4). The lowest BCUT2D eigenvalue weighted by molar-refractivity contribution is 0.134. The fraction of sp³-hybridized carbons (Fsp3) is 0.800. The number of rotatable bonds is 2. The van der Waals surface area contributed by atoms with Gasteiger partial charge in [-0.1, -0.05) is 0 Å². The maximum Gasteiger partial charge on any atom is 0.309 e. The molecule has 0 rings (SSSR count). The summed E-state index contributed by atoms with van der Waals surface area (Å²) in [6.45, 7) is 1.22. The molecular formula is C5H15N3O3. The van der Waals surface area contributed by atoms with Crippen LogP contribution in [0.15, 0.2) is 0 Å². The summed E-state index contributed by atoms with van der Waals surface area (Å²) in [5.41, 5.74) is 12.9. The highest BCUT2D eigenvalue weighted by molar-refractivity contribution is 5.69. The molecule has 11 heavy (non-hydrogen) atoms. The van der Waals surface area contributed by atoms with Gasteiger partial charge in [0, 0.05) is 0 Å². The van der Waals surface area contributed by atoms with Crippen molar-refractivity contribution in [2.75, 3.05) is 13.2 Å². The smallest absolute Gasteiger partial charge is 0.309 e. The van der Waals surface area contributed by atoms with Crippen molar-refractivity contribution in [3.63, 3.8) is 0 Å². The number of hydrogen-bond donors (Lipinski definition) is 5. The molecule has 0 bridgehead atoms. The maximum absolute atomic E-state index is 9.00. The first-order valence-electron chi connectivity index (χ1n) is 2.91. The van der Waals surface area contributed by atoms with E-state index >= 15 is 0 Å². The van der Waals surface area contributed by atoms with E-state index in [-0.39, 0.29) is 13.2 Å². The second-order valence-electron chi connectivity index (χ2n) is 2.37. The maximum atomic E-state index is 9.00. The van der Waals surface area contributed by atoms with Crippen LogP contribution in [-0.4, -0.2) is 35.0 Å². The molecule has 0 aliphatic rings. The number of primary amides is 2. The number of nitrogens with two attached hydrogens (primary N) is 3. The first-order valence-corrected chi connectivity index (χ1v) is 2.91. The van der Waals surface area contributed by atoms with Crippen LogP contribution >= 0.6 is 0 Å². The quantitative estimate of drug-likeness (QED) is 0.314. The molecule has 8 N–H and O–H groups in total. The first kappa shape index (κ1) is 12.8. The molecule has 68 valence electrons. The molecule has 0 aliphatic carbocycles. The van der Waals surface area contributed by atoms with Crippen LogP contribution in [0.3, 0.4) is 0 Å². The third-order valence-electron chi connectivity index (χ3n) is 0.722. The number of urea groups is 1. The minimum Gasteiger partial charge on any atom is -0.394 e. The Morgan fingerprint density at radius 1 is 1.36 bits per heavy atom. The summed E-state index contributed by atoms with van der Waals surface area (Å²) in [6, 6.07) is -0.833. The third-order valence-corrected chi connectivity index (χ3v) is 0.722. The van der Waals surface area contributed by atoms with E-state index in [1.807, 2.05) is 0 Å². The summed E-state index contributed by atoms with van der Waals surface area (Å²) < 4.78 is 0. The first-order chi connectivity index (χ1) is 4.85. The van der Waals surface area contributed by atoms with Crippen LogP contribution in [0.1, 0.15) is 6.92 Å². The highest BCUT2D eigenvalue weighted by Crippen LogP contribution is 1.91. The minimum absolute atomic E-state index is 0.177. The van der Waals surface area contributed by atoms with Crippen molar-refractivity contribution in [3.05, 3.63) is 0 Å². The monoisotopic (exact) mass is 165 g/mol. The molecule has 0 unspecified atom stereocenters. The van der Waals surface area contributed by atoms with Crippen LogP contribution in [0.25, 0.3) is 0 Å². The Balaban J connectivity index is 0. The zero-order chi connectivity index (χ0) is 9.49. The predicted molar refractivity (Wildman–Crippen MR) is 40.5 cm³/mol. The number of carbonyl (C=O) groups is 1. The molecule has 6 heteroatoms. The van der Waals surface area contributed by atoms with E-state index in [9.17, 15) is 0 Å². The van der Waals surface area contributed by atoms with Gasteiger partial charge in [-0.25, -0.2) is 4.79 Å². The molecule has 0 saturated heterocycles. The van der Waals surface area contributed by atoms with Crippen molar-refractivity contribution in [1.82, 2.24) is 0 Å². The van der Waals surface area contributed by atoms with Crippen molar-refractivity contribution in [1.29, 1.82) is 0 Å². The lowest BCUT2D eigenvalue weighted by atomic mass is 10.1. The van der Waals surface area contributed by atoms with Crippen LogP contribution in [0, 0.1) is 0 Å². The molecule has 0 heterocycles. The Morgan fingerprint density at radius 2 is 1.55 bits per heavy atom. The van der Waals surface area contributed by atoms with Gasteiger partial charge in [-0.05, 0) is 6.92 Å². The molecule has 0 fully saturated rings. The Labute approximate surface area is 65.0 Å². The van der Waals surface area contributed by atoms with Gasteiger partial charge >= 0.3 is 6.03 Å². The molecule has 0 aromatic rings. The zero-order valence-corrected chi connectivity index (χ0v) is 6.45. The van der Waals surface area contributed by atoms with Gasteiger partial charge < -0.3 is 27.4 Å². The SMILES string of the molecule is CC(N)(CO)CO.NC(N)=O. The number of amides is 2. The lowest BCUT2D eigenvalue weighted by Crippen LogP contribution is -2.43. The van der Waals surface area contributed by atoms with Gasteiger partial charge in [-0.3, -0.25) is 0 Å². The van der Waals surface area contributed by atoms with E-state index < -0.39 is 11.6 Å². The van der Waals surface area contributed by atoms with E-state index in [1.165, 1.54) is 0 Å². The molecule has 0 aromatic heterocycles. The lowest BCUT2D eigenvalue weighted by Gasteiger charge is -2.16. The summed E-state index contributed by atoms with van der Waals surface area (Å²) >= 11 is 0. The van der Waals surface area contributed by atoms with Crippen molar-refractivity contribution >= 4 is 6.03 Å². The predicted octanol–water partition coefficient (Wildman–Crippen LogP) is -2.29. The molecule has 0 saturated carbocycles. The molecule has 0 radical (unpaired) electrons. The fourth-order valence-corrected chi connectivity index (χ4v) is 0.0500. The summed E-state index contributed by atoms with van der Waals surface area (Å²) in [4.78, 5) is 9.00. The van der Waals surface area contributed by atoms with Crippen molar-refractivity contribution < 1.29 is 15.0 Å². The van der Waals surface area contributed by atoms with E-state index in [0.717, 1.165) is 0 Å². The van der Waals surface area contributed by atoms with Gasteiger partial charge in [0.1, 0.15) is 0 Å². The highest BCUT2D eigenvalue weighted by atomic mass is 16.3. The van der Waals surface area contributed by atoms with E-state index in [1.54, 1.807) is 6.92 Å². The van der Waals surface area contributed by atoms with Crippen molar-refractivity contribution in [3.8, 4) is 0 Å². The van der Waals surface area contributed by atoms with E-state index in [0.29, 0.717) is 0 Å². The third kappa shape index (κ3) is 17.6. The Bertz CT molecular complexity index is 106. The molecule has 0 atom stereocenters. The largest absolute Gasteiger partial charge is 0.394 e. The number of carbonyl (C=O) groups excluding carboxylic acids is 1. The average molecular weight is 165 g/mol. The van der Waals surface area contributed by atoms with Gasteiger partial charge in [-0.2, -0.15) is 0 Å². The van der Waals surface area contributed by atoms with Gasteiger partial charge in [0.05, 0.1) is 18.8 Å². The summed E-state index contributed by atoms with van der Waals surface area (Å²) in [6.07, 6.45) is 0.